The summed E-state index contributed by atoms with van der Waals surface area (Å²) in [6.45, 7) is 12.9. The van der Waals surface area contributed by atoms with Gasteiger partial charge in [0.2, 0.25) is 0 Å². The van der Waals surface area contributed by atoms with Gasteiger partial charge >= 0.3 is 0 Å². The molecule has 4 heterocycles. The van der Waals surface area contributed by atoms with Gasteiger partial charge in [0.15, 0.2) is 0 Å². The lowest BCUT2D eigenvalue weighted by atomic mass is 10.1. The second kappa shape index (κ2) is 11.1. The van der Waals surface area contributed by atoms with Crippen molar-refractivity contribution < 1.29 is 5.11 Å². The van der Waals surface area contributed by atoms with Gasteiger partial charge in [-0.2, -0.15) is 10.2 Å². The van der Waals surface area contributed by atoms with Crippen LogP contribution >= 0.6 is 0 Å². The number of hydrazine groups is 2. The summed E-state index contributed by atoms with van der Waals surface area (Å²) in [5.41, 5.74) is 17.8. The summed E-state index contributed by atoms with van der Waals surface area (Å²) in [5, 5.41) is 19.2. The first-order valence-electron chi connectivity index (χ1n) is 12.3. The number of aliphatic hydroxyl groups is 1. The summed E-state index contributed by atoms with van der Waals surface area (Å²) in [6, 6.07) is 6.15. The topological polar surface area (TPSA) is 107 Å². The largest absolute Gasteiger partial charge is 0.396 e. The number of rotatable bonds is 11. The van der Waals surface area contributed by atoms with Crippen LogP contribution in [0.25, 0.3) is 0 Å². The molecule has 2 aromatic heterocycles. The Bertz CT molecular complexity index is 826. The molecule has 0 aromatic carbocycles. The third-order valence-electron chi connectivity index (χ3n) is 6.60. The molecule has 4 rings (SSSR count). The van der Waals surface area contributed by atoms with E-state index in [1.807, 2.05) is 0 Å². The quantitative estimate of drug-likeness (QED) is 0.332. The van der Waals surface area contributed by atoms with Crippen molar-refractivity contribution in [1.29, 1.82) is 0 Å². The molecule has 0 radical (unpaired) electrons. The van der Waals surface area contributed by atoms with E-state index in [2.05, 4.69) is 75.8 Å². The Morgan fingerprint density at radius 1 is 0.879 bits per heavy atom. The van der Waals surface area contributed by atoms with E-state index in [-0.39, 0.29) is 6.61 Å². The zero-order chi connectivity index (χ0) is 23.4. The van der Waals surface area contributed by atoms with Crippen molar-refractivity contribution in [2.24, 2.45) is 0 Å². The number of nitrogens with zero attached hydrogens (tertiary/aromatic N) is 5. The molecule has 10 nitrogen and oxygen atoms in total. The molecule has 2 aliphatic heterocycles. The second-order valence-corrected chi connectivity index (χ2v) is 9.95. The standard InChI is InChI=1S/C23H41N9O/c1-16-8-20(26-24-16)14-31-18(3)10-22(28-31)12-30(6-5-7-33)13-23-11-19(4)32(29-23)15-21-9-17(2)25-27-21/h10-11,16-17,20-21,24-27,33H,5-9,12-15H2,1-4H3. The van der Waals surface area contributed by atoms with Gasteiger partial charge in [-0.1, -0.05) is 0 Å². The molecule has 5 N–H and O–H groups in total. The molecule has 184 valence electrons. The maximum Gasteiger partial charge on any atom is 0.0767 e. The van der Waals surface area contributed by atoms with E-state index in [4.69, 9.17) is 10.2 Å². The normalized spacial score (nSPS) is 25.5. The minimum Gasteiger partial charge on any atom is -0.396 e. The van der Waals surface area contributed by atoms with E-state index >= 15 is 0 Å². The van der Waals surface area contributed by atoms with Crippen LogP contribution in [0.3, 0.4) is 0 Å². The van der Waals surface area contributed by atoms with Crippen LogP contribution in [0.15, 0.2) is 12.1 Å². The molecule has 0 aliphatic carbocycles. The summed E-state index contributed by atoms with van der Waals surface area (Å²) >= 11 is 0. The van der Waals surface area contributed by atoms with E-state index in [1.165, 1.54) is 11.4 Å². The number of hydrogen-bond donors (Lipinski definition) is 5. The molecule has 2 fully saturated rings. The van der Waals surface area contributed by atoms with Crippen LogP contribution in [-0.2, 0) is 26.2 Å². The lowest BCUT2D eigenvalue weighted by Crippen LogP contribution is -2.35. The maximum atomic E-state index is 9.41. The first kappa shape index (κ1) is 24.3. The van der Waals surface area contributed by atoms with Crippen molar-refractivity contribution in [3.8, 4) is 0 Å². The summed E-state index contributed by atoms with van der Waals surface area (Å²) in [7, 11) is 0. The Morgan fingerprint density at radius 2 is 1.36 bits per heavy atom. The second-order valence-electron chi connectivity index (χ2n) is 9.95. The molecule has 10 heteroatoms. The Morgan fingerprint density at radius 3 is 1.76 bits per heavy atom. The SMILES string of the molecule is Cc1cc(CN(CCCO)Cc2cc(C)n(CC3CC(C)NN3)n2)nn1CC1CC(C)NN1. The van der Waals surface area contributed by atoms with E-state index in [1.54, 1.807) is 0 Å². The number of hydrogen-bond acceptors (Lipinski definition) is 8. The first-order valence-corrected chi connectivity index (χ1v) is 12.3. The lowest BCUT2D eigenvalue weighted by molar-refractivity contribution is 0.208. The average molecular weight is 460 g/mol. The fraction of sp³-hybridized carbons (Fsp3) is 0.739. The number of aliphatic hydroxyl groups excluding tert-OH is 1. The van der Waals surface area contributed by atoms with Crippen LogP contribution in [-0.4, -0.2) is 66.9 Å². The van der Waals surface area contributed by atoms with Gasteiger partial charge in [-0.15, -0.1) is 0 Å². The molecule has 0 saturated carbocycles. The molecule has 0 bridgehead atoms. The smallest absolute Gasteiger partial charge is 0.0767 e. The van der Waals surface area contributed by atoms with Crippen molar-refractivity contribution in [3.05, 3.63) is 34.9 Å². The van der Waals surface area contributed by atoms with Crippen LogP contribution in [0.5, 0.6) is 0 Å². The van der Waals surface area contributed by atoms with Gasteiger partial charge < -0.3 is 5.11 Å². The van der Waals surface area contributed by atoms with E-state index in [0.29, 0.717) is 24.2 Å². The molecule has 33 heavy (non-hydrogen) atoms. The van der Waals surface area contributed by atoms with Gasteiger partial charge in [0.1, 0.15) is 0 Å². The van der Waals surface area contributed by atoms with Gasteiger partial charge in [-0.25, -0.2) is 0 Å². The van der Waals surface area contributed by atoms with E-state index < -0.39 is 0 Å². The molecule has 4 unspecified atom stereocenters. The Balaban J connectivity index is 1.38. The Hall–Kier alpha value is -1.82. The van der Waals surface area contributed by atoms with Gasteiger partial charge in [0, 0.05) is 61.8 Å². The van der Waals surface area contributed by atoms with Crippen molar-refractivity contribution in [1.82, 2.24) is 46.2 Å². The number of nitrogens with one attached hydrogen (secondary N) is 4. The maximum absolute atomic E-state index is 9.41. The molecular formula is C23H41N9O. The molecule has 0 amide bonds. The zero-order valence-corrected chi connectivity index (χ0v) is 20.5. The van der Waals surface area contributed by atoms with Crippen LogP contribution in [0.4, 0.5) is 0 Å². The Kier molecular flexibility index (Phi) is 8.15. The molecule has 0 spiro atoms. The molecule has 4 atom stereocenters. The van der Waals surface area contributed by atoms with Gasteiger partial charge in [0.05, 0.1) is 24.5 Å². The third-order valence-corrected chi connectivity index (χ3v) is 6.60. The summed E-state index contributed by atoms with van der Waals surface area (Å²) < 4.78 is 4.22. The van der Waals surface area contributed by atoms with Crippen LogP contribution in [0.2, 0.25) is 0 Å². The highest BCUT2D eigenvalue weighted by Crippen LogP contribution is 2.15. The molecule has 2 saturated heterocycles. The van der Waals surface area contributed by atoms with Gasteiger partial charge in [-0.3, -0.25) is 36.0 Å². The van der Waals surface area contributed by atoms with Crippen LogP contribution in [0.1, 0.15) is 55.9 Å². The van der Waals surface area contributed by atoms with Crippen molar-refractivity contribution in [2.75, 3.05) is 13.2 Å². The van der Waals surface area contributed by atoms with Crippen LogP contribution in [0, 0.1) is 13.8 Å². The molecular weight excluding hydrogens is 418 g/mol. The fourth-order valence-electron chi connectivity index (χ4n) is 4.91. The van der Waals surface area contributed by atoms with Crippen molar-refractivity contribution in [2.45, 2.75) is 97.3 Å². The first-order chi connectivity index (χ1) is 15.9. The monoisotopic (exact) mass is 459 g/mol. The molecule has 2 aromatic rings. The summed E-state index contributed by atoms with van der Waals surface area (Å²) in [5.74, 6) is 0. The highest BCUT2D eigenvalue weighted by Gasteiger charge is 2.23. The Labute approximate surface area is 197 Å². The van der Waals surface area contributed by atoms with Gasteiger partial charge in [-0.05, 0) is 59.1 Å². The zero-order valence-electron chi connectivity index (χ0n) is 20.5. The van der Waals surface area contributed by atoms with Crippen LogP contribution < -0.4 is 21.7 Å². The van der Waals surface area contributed by atoms with E-state index in [9.17, 15) is 5.11 Å². The summed E-state index contributed by atoms with van der Waals surface area (Å²) in [6.07, 6.45) is 2.94. The predicted octanol–water partition coefficient (Wildman–Crippen LogP) is 0.591. The summed E-state index contributed by atoms with van der Waals surface area (Å²) in [4.78, 5) is 2.34. The highest BCUT2D eigenvalue weighted by atomic mass is 16.3. The predicted molar refractivity (Wildman–Crippen MR) is 128 cm³/mol. The highest BCUT2D eigenvalue weighted by molar-refractivity contribution is 5.12. The molecule has 2 aliphatic rings. The van der Waals surface area contributed by atoms with Crippen molar-refractivity contribution >= 4 is 0 Å². The fourth-order valence-corrected chi connectivity index (χ4v) is 4.91. The average Bonchev–Trinajstić information content (AvgIpc) is 3.52. The minimum atomic E-state index is 0.189. The van der Waals surface area contributed by atoms with E-state index in [0.717, 1.165) is 63.4 Å². The minimum absolute atomic E-state index is 0.189. The lowest BCUT2D eigenvalue weighted by Gasteiger charge is -2.20. The van der Waals surface area contributed by atoms with Gasteiger partial charge in [0.25, 0.3) is 0 Å². The number of aryl methyl sites for hydroxylation is 2. The third kappa shape index (κ3) is 6.62. The number of aromatic nitrogens is 4. The van der Waals surface area contributed by atoms with Crippen molar-refractivity contribution in [3.63, 3.8) is 0 Å².